The molecule has 6 heteroatoms. The predicted octanol–water partition coefficient (Wildman–Crippen LogP) is 2.43. The molecule has 0 saturated carbocycles. The number of benzene rings is 1. The van der Waals surface area contributed by atoms with Crippen LogP contribution in [0.4, 0.5) is 0 Å². The summed E-state index contributed by atoms with van der Waals surface area (Å²) in [6.07, 6.45) is 4.90. The van der Waals surface area contributed by atoms with Crippen molar-refractivity contribution in [1.29, 1.82) is 0 Å². The van der Waals surface area contributed by atoms with Crippen LogP contribution in [0.2, 0.25) is 0 Å². The zero-order valence-electron chi connectivity index (χ0n) is 12.5. The second kappa shape index (κ2) is 5.85. The number of aromatic nitrogens is 4. The van der Waals surface area contributed by atoms with Gasteiger partial charge in [-0.1, -0.05) is 12.1 Å². The van der Waals surface area contributed by atoms with E-state index in [4.69, 9.17) is 0 Å². The summed E-state index contributed by atoms with van der Waals surface area (Å²) in [5, 5.41) is 4.09. The van der Waals surface area contributed by atoms with Crippen LogP contribution in [-0.4, -0.2) is 37.6 Å². The van der Waals surface area contributed by atoms with Gasteiger partial charge in [-0.2, -0.15) is 5.10 Å². The number of aromatic amines is 1. The second-order valence-electron chi connectivity index (χ2n) is 5.11. The van der Waals surface area contributed by atoms with E-state index in [1.165, 1.54) is 6.33 Å². The maximum atomic E-state index is 12.3. The summed E-state index contributed by atoms with van der Waals surface area (Å²) in [7, 11) is 1.80. The smallest absolute Gasteiger partial charge is 0.270 e. The molecule has 1 atom stereocenters. The van der Waals surface area contributed by atoms with Crippen molar-refractivity contribution in [3.8, 4) is 5.69 Å². The molecule has 1 amide bonds. The molecule has 1 aromatic carbocycles. The SMILES string of the molecule is CC(c1ccc(-n2cncn2)cc1)N(C)C(=O)c1ccc[nH]1. The highest BCUT2D eigenvalue weighted by Crippen LogP contribution is 2.21. The highest BCUT2D eigenvalue weighted by Gasteiger charge is 2.19. The van der Waals surface area contributed by atoms with Crippen LogP contribution >= 0.6 is 0 Å². The maximum absolute atomic E-state index is 12.3. The lowest BCUT2D eigenvalue weighted by Gasteiger charge is -2.25. The van der Waals surface area contributed by atoms with E-state index in [-0.39, 0.29) is 11.9 Å². The molecule has 2 heterocycles. The van der Waals surface area contributed by atoms with E-state index in [2.05, 4.69) is 15.1 Å². The topological polar surface area (TPSA) is 66.8 Å². The fraction of sp³-hybridized carbons (Fsp3) is 0.188. The van der Waals surface area contributed by atoms with Crippen molar-refractivity contribution < 1.29 is 4.79 Å². The third-order valence-corrected chi connectivity index (χ3v) is 3.79. The second-order valence-corrected chi connectivity index (χ2v) is 5.11. The first-order valence-corrected chi connectivity index (χ1v) is 7.02. The minimum atomic E-state index is -0.0298. The van der Waals surface area contributed by atoms with Crippen LogP contribution in [0.5, 0.6) is 0 Å². The van der Waals surface area contributed by atoms with Crippen LogP contribution in [0, 0.1) is 0 Å². The fourth-order valence-electron chi connectivity index (χ4n) is 2.30. The Balaban J connectivity index is 1.77. The van der Waals surface area contributed by atoms with Crippen LogP contribution in [-0.2, 0) is 0 Å². The van der Waals surface area contributed by atoms with Gasteiger partial charge in [-0.3, -0.25) is 4.79 Å². The van der Waals surface area contributed by atoms with Crippen molar-refractivity contribution in [2.45, 2.75) is 13.0 Å². The van der Waals surface area contributed by atoms with Gasteiger partial charge in [0.2, 0.25) is 0 Å². The Kier molecular flexibility index (Phi) is 3.74. The quantitative estimate of drug-likeness (QED) is 0.804. The van der Waals surface area contributed by atoms with Crippen LogP contribution in [0.1, 0.15) is 29.0 Å². The minimum Gasteiger partial charge on any atom is -0.357 e. The average Bonchev–Trinajstić information content (AvgIpc) is 3.26. The normalized spacial score (nSPS) is 12.1. The zero-order chi connectivity index (χ0) is 15.5. The molecule has 6 nitrogen and oxygen atoms in total. The summed E-state index contributed by atoms with van der Waals surface area (Å²) in [5.41, 5.74) is 2.59. The molecule has 0 bridgehead atoms. The molecule has 0 fully saturated rings. The van der Waals surface area contributed by atoms with Gasteiger partial charge in [0.15, 0.2) is 0 Å². The number of H-pyrrole nitrogens is 1. The van der Waals surface area contributed by atoms with Crippen molar-refractivity contribution in [3.63, 3.8) is 0 Å². The molecule has 0 spiro atoms. The van der Waals surface area contributed by atoms with Gasteiger partial charge >= 0.3 is 0 Å². The molecule has 3 rings (SSSR count). The molecule has 112 valence electrons. The Bertz CT molecular complexity index is 731. The number of nitrogens with one attached hydrogen (secondary N) is 1. The molecule has 22 heavy (non-hydrogen) atoms. The molecule has 0 saturated heterocycles. The van der Waals surface area contributed by atoms with Gasteiger partial charge in [0.05, 0.1) is 11.7 Å². The Morgan fingerprint density at radius 2 is 2.05 bits per heavy atom. The lowest BCUT2D eigenvalue weighted by atomic mass is 10.1. The zero-order valence-corrected chi connectivity index (χ0v) is 12.5. The summed E-state index contributed by atoms with van der Waals surface area (Å²) >= 11 is 0. The standard InChI is InChI=1S/C16H17N5O/c1-12(20(2)16(22)15-4-3-9-18-15)13-5-7-14(8-6-13)21-11-17-10-19-21/h3-12,18H,1-2H3. The largest absolute Gasteiger partial charge is 0.357 e. The van der Waals surface area contributed by atoms with E-state index in [0.717, 1.165) is 11.3 Å². The van der Waals surface area contributed by atoms with Gasteiger partial charge in [0.1, 0.15) is 18.3 Å². The van der Waals surface area contributed by atoms with E-state index >= 15 is 0 Å². The minimum absolute atomic E-state index is 0.0272. The lowest BCUT2D eigenvalue weighted by molar-refractivity contribution is 0.0737. The first-order valence-electron chi connectivity index (χ1n) is 7.02. The summed E-state index contributed by atoms with van der Waals surface area (Å²) < 4.78 is 1.70. The summed E-state index contributed by atoms with van der Waals surface area (Å²) in [6.45, 7) is 2.01. The number of rotatable bonds is 4. The van der Waals surface area contributed by atoms with E-state index in [9.17, 15) is 4.79 Å². The van der Waals surface area contributed by atoms with Crippen molar-refractivity contribution >= 4 is 5.91 Å². The van der Waals surface area contributed by atoms with E-state index in [0.29, 0.717) is 5.69 Å². The van der Waals surface area contributed by atoms with Gasteiger partial charge in [0.25, 0.3) is 5.91 Å². The van der Waals surface area contributed by atoms with Crippen LogP contribution in [0.15, 0.2) is 55.2 Å². The maximum Gasteiger partial charge on any atom is 0.270 e. The van der Waals surface area contributed by atoms with E-state index in [1.54, 1.807) is 35.2 Å². The molecule has 0 aliphatic carbocycles. The van der Waals surface area contributed by atoms with Gasteiger partial charge < -0.3 is 9.88 Å². The first kappa shape index (κ1) is 14.1. The van der Waals surface area contributed by atoms with Crippen LogP contribution < -0.4 is 0 Å². The number of carbonyl (C=O) groups is 1. The van der Waals surface area contributed by atoms with Crippen molar-refractivity contribution in [2.75, 3.05) is 7.05 Å². The van der Waals surface area contributed by atoms with Crippen LogP contribution in [0.3, 0.4) is 0 Å². The van der Waals surface area contributed by atoms with E-state index < -0.39 is 0 Å². The molecule has 1 N–H and O–H groups in total. The number of amides is 1. The number of hydrogen-bond acceptors (Lipinski definition) is 3. The summed E-state index contributed by atoms with van der Waals surface area (Å²) in [4.78, 5) is 20.9. The van der Waals surface area contributed by atoms with Crippen molar-refractivity contribution in [3.05, 3.63) is 66.5 Å². The van der Waals surface area contributed by atoms with E-state index in [1.807, 2.05) is 37.3 Å². The number of nitrogens with zero attached hydrogens (tertiary/aromatic N) is 4. The number of carbonyl (C=O) groups excluding carboxylic acids is 1. The van der Waals surface area contributed by atoms with Crippen LogP contribution in [0.25, 0.3) is 5.69 Å². The van der Waals surface area contributed by atoms with Gasteiger partial charge in [0, 0.05) is 13.2 Å². The predicted molar refractivity (Wildman–Crippen MR) is 82.7 cm³/mol. The molecule has 2 aromatic heterocycles. The Labute approximate surface area is 128 Å². The van der Waals surface area contributed by atoms with Crippen molar-refractivity contribution in [2.24, 2.45) is 0 Å². The van der Waals surface area contributed by atoms with Gasteiger partial charge in [-0.05, 0) is 36.8 Å². The third-order valence-electron chi connectivity index (χ3n) is 3.79. The molecule has 0 aliphatic rings. The third kappa shape index (κ3) is 2.63. The molecule has 3 aromatic rings. The van der Waals surface area contributed by atoms with Gasteiger partial charge in [-0.15, -0.1) is 0 Å². The monoisotopic (exact) mass is 295 g/mol. The van der Waals surface area contributed by atoms with Crippen molar-refractivity contribution in [1.82, 2.24) is 24.6 Å². The highest BCUT2D eigenvalue weighted by atomic mass is 16.2. The highest BCUT2D eigenvalue weighted by molar-refractivity contribution is 5.92. The average molecular weight is 295 g/mol. The Morgan fingerprint density at radius 3 is 2.64 bits per heavy atom. The molecule has 1 unspecified atom stereocenters. The summed E-state index contributed by atoms with van der Waals surface area (Å²) in [5.74, 6) is -0.0298. The lowest BCUT2D eigenvalue weighted by Crippen LogP contribution is -2.29. The summed E-state index contributed by atoms with van der Waals surface area (Å²) in [6, 6.07) is 11.5. The fourth-order valence-corrected chi connectivity index (χ4v) is 2.30. The molecular formula is C16H17N5O. The number of hydrogen-bond donors (Lipinski definition) is 1. The molecular weight excluding hydrogens is 278 g/mol. The molecule has 0 aliphatic heterocycles. The van der Waals surface area contributed by atoms with Gasteiger partial charge in [-0.25, -0.2) is 9.67 Å². The Hall–Kier alpha value is -2.89. The molecule has 0 radical (unpaired) electrons. The first-order chi connectivity index (χ1) is 10.7. The Morgan fingerprint density at radius 1 is 1.27 bits per heavy atom.